The molecule has 0 aliphatic rings. The molecule has 0 fully saturated rings. The Bertz CT molecular complexity index is 1080. The fourth-order valence-electron chi connectivity index (χ4n) is 2.34. The van der Waals surface area contributed by atoms with E-state index in [2.05, 4.69) is 14.7 Å². The number of halogens is 3. The van der Waals surface area contributed by atoms with Gasteiger partial charge in [0.25, 0.3) is 5.56 Å². The molecule has 164 valence electrons. The molecule has 1 N–H and O–H groups in total. The smallest absolute Gasteiger partial charge is 0.475 e. The topological polar surface area (TPSA) is 86.5 Å². The van der Waals surface area contributed by atoms with E-state index in [9.17, 15) is 23.1 Å². The molecule has 0 spiro atoms. The minimum absolute atomic E-state index is 0.0577. The number of hydrogen-bond acceptors (Lipinski definition) is 7. The standard InChI is InChI=1S/C20H18F3N3O4S/c1-19(2,28)12-29-16-8-3-13(11-25-16)26-10-9-24-17(18(26)27)31-15-6-4-14(5-7-15)30-20(21,22)23/h3-11,28H,12H2,1-2H3. The van der Waals surface area contributed by atoms with Gasteiger partial charge in [-0.2, -0.15) is 0 Å². The number of hydrogen-bond donors (Lipinski definition) is 1. The van der Waals surface area contributed by atoms with Crippen molar-refractivity contribution >= 4 is 11.8 Å². The maximum Gasteiger partial charge on any atom is 0.573 e. The third kappa shape index (κ3) is 6.72. The van der Waals surface area contributed by atoms with E-state index in [-0.39, 0.29) is 17.4 Å². The first-order valence-electron chi connectivity index (χ1n) is 8.93. The van der Waals surface area contributed by atoms with Gasteiger partial charge in [-0.3, -0.25) is 9.36 Å². The molecule has 3 aromatic rings. The lowest BCUT2D eigenvalue weighted by Crippen LogP contribution is -2.28. The Morgan fingerprint density at radius 1 is 1.10 bits per heavy atom. The van der Waals surface area contributed by atoms with Crippen molar-refractivity contribution in [1.82, 2.24) is 14.5 Å². The summed E-state index contributed by atoms with van der Waals surface area (Å²) in [6, 6.07) is 8.33. The molecular weight excluding hydrogens is 435 g/mol. The predicted octanol–water partition coefficient (Wildman–Crippen LogP) is 3.83. The molecule has 2 heterocycles. The van der Waals surface area contributed by atoms with Crippen LogP contribution in [0.15, 0.2) is 69.7 Å². The van der Waals surface area contributed by atoms with Gasteiger partial charge in [0.2, 0.25) is 5.88 Å². The number of rotatable bonds is 7. The van der Waals surface area contributed by atoms with Crippen molar-refractivity contribution in [2.24, 2.45) is 0 Å². The molecule has 0 radical (unpaired) electrons. The second-order valence-corrected chi connectivity index (χ2v) is 8.05. The number of aliphatic hydroxyl groups is 1. The van der Waals surface area contributed by atoms with Gasteiger partial charge in [0.1, 0.15) is 12.4 Å². The van der Waals surface area contributed by atoms with E-state index in [0.29, 0.717) is 16.5 Å². The molecular formula is C20H18F3N3O4S. The summed E-state index contributed by atoms with van der Waals surface area (Å²) in [5, 5.41) is 9.83. The third-order valence-electron chi connectivity index (χ3n) is 3.65. The van der Waals surface area contributed by atoms with Crippen LogP contribution < -0.4 is 15.0 Å². The van der Waals surface area contributed by atoms with Crippen LogP contribution in [0.25, 0.3) is 5.69 Å². The Balaban J connectivity index is 1.75. The van der Waals surface area contributed by atoms with Gasteiger partial charge in [-0.1, -0.05) is 11.8 Å². The van der Waals surface area contributed by atoms with E-state index in [1.165, 1.54) is 35.3 Å². The van der Waals surface area contributed by atoms with Crippen LogP contribution in [0.3, 0.4) is 0 Å². The van der Waals surface area contributed by atoms with Crippen LogP contribution in [0.4, 0.5) is 13.2 Å². The maximum atomic E-state index is 12.8. The lowest BCUT2D eigenvalue weighted by atomic mass is 10.2. The maximum absolute atomic E-state index is 12.8. The summed E-state index contributed by atoms with van der Waals surface area (Å²) < 4.78 is 47.3. The molecule has 0 amide bonds. The van der Waals surface area contributed by atoms with Crippen molar-refractivity contribution in [1.29, 1.82) is 0 Å². The summed E-state index contributed by atoms with van der Waals surface area (Å²) in [6.45, 7) is 3.27. The van der Waals surface area contributed by atoms with Crippen LogP contribution in [-0.4, -0.2) is 38.2 Å². The van der Waals surface area contributed by atoms with E-state index in [0.717, 1.165) is 23.9 Å². The van der Waals surface area contributed by atoms with Gasteiger partial charge < -0.3 is 14.6 Å². The fraction of sp³-hybridized carbons (Fsp3) is 0.250. The van der Waals surface area contributed by atoms with Gasteiger partial charge in [0, 0.05) is 23.4 Å². The largest absolute Gasteiger partial charge is 0.573 e. The van der Waals surface area contributed by atoms with Gasteiger partial charge >= 0.3 is 6.36 Å². The van der Waals surface area contributed by atoms with Crippen molar-refractivity contribution in [3.05, 3.63) is 65.3 Å². The number of alkyl halides is 3. The number of pyridine rings is 1. The quantitative estimate of drug-likeness (QED) is 0.582. The van der Waals surface area contributed by atoms with Gasteiger partial charge in [-0.05, 0) is 44.2 Å². The van der Waals surface area contributed by atoms with Crippen LogP contribution in [-0.2, 0) is 0 Å². The minimum atomic E-state index is -4.77. The molecule has 0 saturated carbocycles. The second kappa shape index (κ2) is 8.98. The Morgan fingerprint density at radius 3 is 2.39 bits per heavy atom. The first-order chi connectivity index (χ1) is 14.5. The molecule has 1 aromatic carbocycles. The minimum Gasteiger partial charge on any atom is -0.475 e. The van der Waals surface area contributed by atoms with Crippen LogP contribution >= 0.6 is 11.8 Å². The summed E-state index contributed by atoms with van der Waals surface area (Å²) >= 11 is 1.01. The van der Waals surface area contributed by atoms with E-state index < -0.39 is 17.5 Å². The zero-order valence-electron chi connectivity index (χ0n) is 16.5. The molecule has 3 rings (SSSR count). The van der Waals surface area contributed by atoms with Gasteiger partial charge in [-0.15, -0.1) is 13.2 Å². The molecule has 0 aliphatic heterocycles. The summed E-state index contributed by atoms with van der Waals surface area (Å²) in [6.07, 6.45) is -0.421. The average Bonchev–Trinajstić information content (AvgIpc) is 2.68. The van der Waals surface area contributed by atoms with Gasteiger partial charge in [0.05, 0.1) is 17.5 Å². The van der Waals surface area contributed by atoms with Crippen LogP contribution in [0.2, 0.25) is 0 Å². The lowest BCUT2D eigenvalue weighted by Gasteiger charge is -2.17. The summed E-state index contributed by atoms with van der Waals surface area (Å²) in [5.74, 6) is -0.0583. The van der Waals surface area contributed by atoms with E-state index in [1.54, 1.807) is 26.0 Å². The third-order valence-corrected chi connectivity index (χ3v) is 4.63. The van der Waals surface area contributed by atoms with Crippen molar-refractivity contribution in [3.63, 3.8) is 0 Å². The highest BCUT2D eigenvalue weighted by molar-refractivity contribution is 7.99. The predicted molar refractivity (Wildman–Crippen MR) is 107 cm³/mol. The number of nitrogens with zero attached hydrogens (tertiary/aromatic N) is 3. The van der Waals surface area contributed by atoms with Gasteiger partial charge in [-0.25, -0.2) is 9.97 Å². The normalized spacial score (nSPS) is 11.9. The van der Waals surface area contributed by atoms with E-state index >= 15 is 0 Å². The summed E-state index contributed by atoms with van der Waals surface area (Å²) in [4.78, 5) is 21.5. The molecule has 0 atom stereocenters. The monoisotopic (exact) mass is 453 g/mol. The molecule has 2 aromatic heterocycles. The highest BCUT2D eigenvalue weighted by Gasteiger charge is 2.31. The summed E-state index contributed by atoms with van der Waals surface area (Å²) in [7, 11) is 0. The number of ether oxygens (including phenoxy) is 2. The highest BCUT2D eigenvalue weighted by Crippen LogP contribution is 2.28. The summed E-state index contributed by atoms with van der Waals surface area (Å²) in [5.41, 5.74) is -0.958. The lowest BCUT2D eigenvalue weighted by molar-refractivity contribution is -0.274. The first-order valence-corrected chi connectivity index (χ1v) is 9.75. The van der Waals surface area contributed by atoms with Crippen molar-refractivity contribution in [2.45, 2.75) is 35.7 Å². The van der Waals surface area contributed by atoms with Gasteiger partial charge in [0.15, 0.2) is 5.03 Å². The van der Waals surface area contributed by atoms with Crippen molar-refractivity contribution in [3.8, 4) is 17.3 Å². The van der Waals surface area contributed by atoms with E-state index in [1.807, 2.05) is 0 Å². The van der Waals surface area contributed by atoms with Crippen molar-refractivity contribution in [2.75, 3.05) is 6.61 Å². The molecule has 0 unspecified atom stereocenters. The number of aromatic nitrogens is 3. The first kappa shape index (κ1) is 22.6. The number of benzene rings is 1. The molecule has 0 saturated heterocycles. The highest BCUT2D eigenvalue weighted by atomic mass is 32.2. The van der Waals surface area contributed by atoms with E-state index in [4.69, 9.17) is 4.74 Å². The Labute approximate surface area is 179 Å². The Hall–Kier alpha value is -3.05. The molecule has 11 heteroatoms. The molecule has 31 heavy (non-hydrogen) atoms. The average molecular weight is 453 g/mol. The molecule has 7 nitrogen and oxygen atoms in total. The fourth-order valence-corrected chi connectivity index (χ4v) is 3.13. The van der Waals surface area contributed by atoms with Crippen LogP contribution in [0.5, 0.6) is 11.6 Å². The van der Waals surface area contributed by atoms with Crippen molar-refractivity contribution < 1.29 is 27.8 Å². The molecule has 0 aliphatic carbocycles. The zero-order chi connectivity index (χ0) is 22.6. The SMILES string of the molecule is CC(C)(O)COc1ccc(-n2ccnc(Sc3ccc(OC(F)(F)F)cc3)c2=O)cn1. The molecule has 0 bridgehead atoms. The van der Waals surface area contributed by atoms with Crippen LogP contribution in [0, 0.1) is 0 Å². The Morgan fingerprint density at radius 2 is 1.81 bits per heavy atom. The van der Waals surface area contributed by atoms with Crippen LogP contribution in [0.1, 0.15) is 13.8 Å². The second-order valence-electron chi connectivity index (χ2n) is 6.98. The Kier molecular flexibility index (Phi) is 6.56. The zero-order valence-corrected chi connectivity index (χ0v) is 17.3.